The molecule has 2 aromatic rings. The van der Waals surface area contributed by atoms with Crippen molar-refractivity contribution in [2.75, 3.05) is 6.61 Å². The van der Waals surface area contributed by atoms with Crippen molar-refractivity contribution in [3.63, 3.8) is 0 Å². The minimum absolute atomic E-state index is 0.103. The molecule has 138 valence electrons. The largest absolute Gasteiger partial charge is 0.483 e. The Morgan fingerprint density at radius 3 is 2.46 bits per heavy atom. The van der Waals surface area contributed by atoms with Gasteiger partial charge in [0.25, 0.3) is 5.91 Å². The van der Waals surface area contributed by atoms with E-state index < -0.39 is 12.0 Å². The first kappa shape index (κ1) is 17.9. The van der Waals surface area contributed by atoms with E-state index >= 15 is 0 Å². The Balaban J connectivity index is 1.77. The van der Waals surface area contributed by atoms with E-state index in [1.165, 1.54) is 4.90 Å². The van der Waals surface area contributed by atoms with Crippen molar-refractivity contribution in [1.82, 2.24) is 19.7 Å². The lowest BCUT2D eigenvalue weighted by Gasteiger charge is -2.33. The van der Waals surface area contributed by atoms with E-state index in [0.29, 0.717) is 17.4 Å². The van der Waals surface area contributed by atoms with Gasteiger partial charge in [0.05, 0.1) is 13.1 Å². The second kappa shape index (κ2) is 6.78. The summed E-state index contributed by atoms with van der Waals surface area (Å²) in [5.74, 6) is 0.437. The van der Waals surface area contributed by atoms with Crippen LogP contribution in [0.3, 0.4) is 0 Å². The van der Waals surface area contributed by atoms with Crippen LogP contribution in [0.25, 0.3) is 0 Å². The molecular formula is C18H22N4O4. The summed E-state index contributed by atoms with van der Waals surface area (Å²) in [5.41, 5.74) is 3.01. The lowest BCUT2D eigenvalue weighted by Crippen LogP contribution is -2.52. The summed E-state index contributed by atoms with van der Waals surface area (Å²) in [6.45, 7) is 7.63. The predicted octanol–water partition coefficient (Wildman–Crippen LogP) is 1.39. The van der Waals surface area contributed by atoms with Gasteiger partial charge >= 0.3 is 5.97 Å². The predicted molar refractivity (Wildman–Crippen MR) is 92.9 cm³/mol. The number of carbonyl (C=O) groups excluding carboxylic acids is 1. The van der Waals surface area contributed by atoms with Crippen LogP contribution in [0.15, 0.2) is 12.1 Å². The van der Waals surface area contributed by atoms with Crippen molar-refractivity contribution in [3.05, 3.63) is 40.5 Å². The quantitative estimate of drug-likeness (QED) is 0.887. The molecule has 0 saturated heterocycles. The number of aliphatic carboxylic acids is 1. The molecule has 1 aromatic carbocycles. The third-order valence-corrected chi connectivity index (χ3v) is 4.61. The Morgan fingerprint density at radius 2 is 1.85 bits per heavy atom. The van der Waals surface area contributed by atoms with Crippen LogP contribution in [-0.4, -0.2) is 49.3 Å². The first-order valence-electron chi connectivity index (χ1n) is 8.39. The van der Waals surface area contributed by atoms with Crippen molar-refractivity contribution in [1.29, 1.82) is 0 Å². The van der Waals surface area contributed by atoms with Crippen LogP contribution in [-0.2, 0) is 22.7 Å². The molecule has 2 heterocycles. The van der Waals surface area contributed by atoms with Crippen LogP contribution in [0.4, 0.5) is 0 Å². The summed E-state index contributed by atoms with van der Waals surface area (Å²) in [6.07, 6.45) is 0. The summed E-state index contributed by atoms with van der Waals surface area (Å²) in [5, 5.41) is 17.5. The Kier molecular flexibility index (Phi) is 4.67. The maximum Gasteiger partial charge on any atom is 0.328 e. The number of rotatable bonds is 4. The summed E-state index contributed by atoms with van der Waals surface area (Å²) in [6, 6.07) is 3.01. The van der Waals surface area contributed by atoms with Crippen molar-refractivity contribution in [2.24, 2.45) is 0 Å². The fourth-order valence-corrected chi connectivity index (χ4v) is 3.40. The second-order valence-corrected chi connectivity index (χ2v) is 6.67. The van der Waals surface area contributed by atoms with E-state index in [2.05, 4.69) is 10.2 Å². The monoisotopic (exact) mass is 358 g/mol. The highest BCUT2D eigenvalue weighted by Crippen LogP contribution is 2.25. The Bertz CT molecular complexity index is 851. The number of carbonyl (C=O) groups is 2. The van der Waals surface area contributed by atoms with E-state index in [0.717, 1.165) is 16.7 Å². The van der Waals surface area contributed by atoms with Gasteiger partial charge < -0.3 is 19.3 Å². The number of aryl methyl sites for hydroxylation is 4. The van der Waals surface area contributed by atoms with Crippen LogP contribution in [0.1, 0.15) is 28.3 Å². The molecule has 1 aliphatic rings. The zero-order valence-corrected chi connectivity index (χ0v) is 15.3. The summed E-state index contributed by atoms with van der Waals surface area (Å²) in [4.78, 5) is 25.6. The molecule has 3 rings (SSSR count). The highest BCUT2D eigenvalue weighted by Gasteiger charge is 2.36. The summed E-state index contributed by atoms with van der Waals surface area (Å²) in [7, 11) is 0. The maximum atomic E-state index is 12.7. The molecule has 0 aliphatic carbocycles. The van der Waals surface area contributed by atoms with Crippen LogP contribution in [0.5, 0.6) is 5.75 Å². The molecule has 1 amide bonds. The number of nitrogens with zero attached hydrogens (tertiary/aromatic N) is 4. The van der Waals surface area contributed by atoms with E-state index in [1.54, 1.807) is 11.5 Å². The average molecular weight is 358 g/mol. The van der Waals surface area contributed by atoms with Gasteiger partial charge in [0.15, 0.2) is 12.4 Å². The van der Waals surface area contributed by atoms with Gasteiger partial charge in [-0.1, -0.05) is 17.7 Å². The Hall–Kier alpha value is -2.90. The normalized spacial score (nSPS) is 16.3. The second-order valence-electron chi connectivity index (χ2n) is 6.67. The molecule has 8 heteroatoms. The summed E-state index contributed by atoms with van der Waals surface area (Å²) >= 11 is 0. The van der Waals surface area contributed by atoms with E-state index in [-0.39, 0.29) is 25.6 Å². The van der Waals surface area contributed by atoms with Gasteiger partial charge in [-0.2, -0.15) is 0 Å². The molecule has 1 aliphatic heterocycles. The number of carboxylic acids is 1. The topological polar surface area (TPSA) is 97.5 Å². The minimum atomic E-state index is -1.06. The molecule has 1 atom stereocenters. The van der Waals surface area contributed by atoms with E-state index in [9.17, 15) is 14.7 Å². The van der Waals surface area contributed by atoms with Crippen LogP contribution in [0, 0.1) is 27.7 Å². The zero-order valence-electron chi connectivity index (χ0n) is 15.3. The van der Waals surface area contributed by atoms with Gasteiger partial charge in [-0.25, -0.2) is 4.79 Å². The van der Waals surface area contributed by atoms with Crippen LogP contribution >= 0.6 is 0 Å². The van der Waals surface area contributed by atoms with E-state index in [4.69, 9.17) is 4.74 Å². The van der Waals surface area contributed by atoms with Gasteiger partial charge in [0.2, 0.25) is 0 Å². The van der Waals surface area contributed by atoms with Gasteiger partial charge in [-0.15, -0.1) is 10.2 Å². The molecule has 0 bridgehead atoms. The first-order valence-corrected chi connectivity index (χ1v) is 8.39. The molecular weight excluding hydrogens is 336 g/mol. The van der Waals surface area contributed by atoms with Gasteiger partial charge in [0, 0.05) is 0 Å². The lowest BCUT2D eigenvalue weighted by atomic mass is 10.1. The third kappa shape index (κ3) is 3.26. The Morgan fingerprint density at radius 1 is 1.19 bits per heavy atom. The smallest absolute Gasteiger partial charge is 0.328 e. The van der Waals surface area contributed by atoms with Crippen molar-refractivity contribution >= 4 is 11.9 Å². The highest BCUT2D eigenvalue weighted by molar-refractivity contribution is 5.84. The SMILES string of the molecule is Cc1cc(C)c(OCC(=O)N2Cc3nnc(C)n3CC2C(=O)O)c(C)c1. The molecule has 1 aromatic heterocycles. The minimum Gasteiger partial charge on any atom is -0.483 e. The number of ether oxygens (including phenoxy) is 1. The molecule has 0 spiro atoms. The number of aromatic nitrogens is 3. The van der Waals surface area contributed by atoms with Gasteiger partial charge in [0.1, 0.15) is 17.6 Å². The van der Waals surface area contributed by atoms with Crippen molar-refractivity contribution in [2.45, 2.75) is 46.8 Å². The molecule has 0 saturated carbocycles. The molecule has 1 unspecified atom stereocenters. The molecule has 1 N–H and O–H groups in total. The van der Waals surface area contributed by atoms with Crippen LogP contribution in [0.2, 0.25) is 0 Å². The Labute approximate surface area is 151 Å². The van der Waals surface area contributed by atoms with E-state index in [1.807, 2.05) is 32.9 Å². The fraction of sp³-hybridized carbons (Fsp3) is 0.444. The molecule has 0 fully saturated rings. The molecule has 26 heavy (non-hydrogen) atoms. The standard InChI is InChI=1S/C18H22N4O4/c1-10-5-11(2)17(12(3)6-10)26-9-16(23)22-8-15-20-19-13(4)21(15)7-14(22)18(24)25/h5-6,14H,7-9H2,1-4H3,(H,24,25). The number of hydrogen-bond donors (Lipinski definition) is 1. The number of benzene rings is 1. The zero-order chi connectivity index (χ0) is 19.0. The van der Waals surface area contributed by atoms with Crippen molar-refractivity contribution < 1.29 is 19.4 Å². The molecule has 8 nitrogen and oxygen atoms in total. The summed E-state index contributed by atoms with van der Waals surface area (Å²) < 4.78 is 7.47. The van der Waals surface area contributed by atoms with Gasteiger partial charge in [-0.05, 0) is 38.8 Å². The maximum absolute atomic E-state index is 12.7. The fourth-order valence-electron chi connectivity index (χ4n) is 3.40. The number of amides is 1. The molecule has 0 radical (unpaired) electrons. The van der Waals surface area contributed by atoms with Gasteiger partial charge in [-0.3, -0.25) is 4.79 Å². The highest BCUT2D eigenvalue weighted by atomic mass is 16.5. The van der Waals surface area contributed by atoms with Crippen LogP contribution < -0.4 is 4.74 Å². The first-order chi connectivity index (χ1) is 12.3. The van der Waals surface area contributed by atoms with Crippen molar-refractivity contribution in [3.8, 4) is 5.75 Å². The lowest BCUT2D eigenvalue weighted by molar-refractivity contribution is -0.153. The average Bonchev–Trinajstić information content (AvgIpc) is 2.93. The number of fused-ring (bicyclic) bond motifs is 1. The third-order valence-electron chi connectivity index (χ3n) is 4.61. The number of carboxylic acid groups (broad SMARTS) is 1. The number of hydrogen-bond acceptors (Lipinski definition) is 5.